The summed E-state index contributed by atoms with van der Waals surface area (Å²) in [6, 6.07) is 0. The fourth-order valence-corrected chi connectivity index (χ4v) is 2.35. The van der Waals surface area contributed by atoms with Gasteiger partial charge in [0.25, 0.3) is 0 Å². The molecule has 0 aromatic heterocycles. The van der Waals surface area contributed by atoms with Crippen molar-refractivity contribution in [2.45, 2.75) is 38.5 Å². The Labute approximate surface area is 85.7 Å². The van der Waals surface area contributed by atoms with Gasteiger partial charge in [-0.1, -0.05) is 32.1 Å². The highest BCUT2D eigenvalue weighted by Gasteiger charge is 2.18. The monoisotopic (exact) mass is 205 g/mol. The number of hydrogen-bond donors (Lipinski definition) is 1. The normalized spacial score (nSPS) is 19.9. The summed E-state index contributed by atoms with van der Waals surface area (Å²) >= 11 is 0. The number of hydrogen-bond acceptors (Lipinski definition) is 1. The van der Waals surface area contributed by atoms with Crippen LogP contribution in [0, 0.1) is 5.92 Å². The topological polar surface area (TPSA) is 37.3 Å². The molecule has 2 nitrogen and oxygen atoms in total. The Morgan fingerprint density at radius 1 is 1.25 bits per heavy atom. The summed E-state index contributed by atoms with van der Waals surface area (Å²) in [5.74, 6) is 0.745. The Morgan fingerprint density at radius 2 is 1.83 bits per heavy atom. The zero-order valence-corrected chi connectivity index (χ0v) is 7.72. The quantitative estimate of drug-likeness (QED) is 0.560. The molecule has 70 valence electrons. The minimum absolute atomic E-state index is 0. The van der Waals surface area contributed by atoms with Gasteiger partial charge >= 0.3 is 8.03 Å². The third kappa shape index (κ3) is 5.28. The second kappa shape index (κ2) is 7.04. The van der Waals surface area contributed by atoms with Crippen molar-refractivity contribution in [2.75, 3.05) is 6.16 Å². The highest BCUT2D eigenvalue weighted by Crippen LogP contribution is 2.29. The lowest BCUT2D eigenvalue weighted by Gasteiger charge is -2.18. The van der Waals surface area contributed by atoms with Crippen molar-refractivity contribution in [2.24, 2.45) is 5.92 Å². The molecule has 0 aromatic rings. The van der Waals surface area contributed by atoms with Crippen LogP contribution in [0.3, 0.4) is 0 Å². The first-order chi connectivity index (χ1) is 5.29. The Morgan fingerprint density at radius 3 is 2.33 bits per heavy atom. The van der Waals surface area contributed by atoms with E-state index in [2.05, 4.69) is 0 Å². The van der Waals surface area contributed by atoms with Crippen molar-refractivity contribution in [3.05, 3.63) is 0 Å². The van der Waals surface area contributed by atoms with Gasteiger partial charge < -0.3 is 0 Å². The second-order valence-electron chi connectivity index (χ2n) is 3.37. The van der Waals surface area contributed by atoms with Crippen molar-refractivity contribution in [1.82, 2.24) is 0 Å². The average Bonchev–Trinajstić information content (AvgIpc) is 2.03. The molecule has 0 amide bonds. The van der Waals surface area contributed by atoms with Crippen LogP contribution in [0.4, 0.5) is 0 Å². The molecular weight excluding hydrogens is 186 g/mol. The third-order valence-electron chi connectivity index (χ3n) is 2.45. The summed E-state index contributed by atoms with van der Waals surface area (Å²) in [6.45, 7) is 0. The molecule has 12 heavy (non-hydrogen) atoms. The van der Waals surface area contributed by atoms with Gasteiger partial charge in [0, 0.05) is 0 Å². The lowest BCUT2D eigenvalue weighted by molar-refractivity contribution is 0.348. The van der Waals surface area contributed by atoms with Crippen LogP contribution in [0.5, 0.6) is 0 Å². The third-order valence-corrected chi connectivity index (χ3v) is 3.09. The van der Waals surface area contributed by atoms with Gasteiger partial charge in [0.1, 0.15) is 0 Å². The van der Waals surface area contributed by atoms with E-state index in [0.717, 1.165) is 12.3 Å². The maximum atomic E-state index is 10.4. The molecule has 1 saturated carbocycles. The van der Waals surface area contributed by atoms with E-state index in [1.54, 1.807) is 0 Å². The molecule has 0 saturated heterocycles. The molecule has 1 fully saturated rings. The maximum Gasteiger partial charge on any atom is 0.505 e. The zero-order valence-electron chi connectivity index (χ0n) is 6.83. The molecular formula is C8H19AlO2P+. The minimum Gasteiger partial charge on any atom is -0.161 e. The van der Waals surface area contributed by atoms with E-state index in [4.69, 9.17) is 4.89 Å². The van der Waals surface area contributed by atoms with Gasteiger partial charge in [-0.15, -0.1) is 0 Å². The zero-order chi connectivity index (χ0) is 8.10. The smallest absolute Gasteiger partial charge is 0.161 e. The highest BCUT2D eigenvalue weighted by atomic mass is 31.1. The van der Waals surface area contributed by atoms with Crippen molar-refractivity contribution in [1.29, 1.82) is 0 Å². The fraction of sp³-hybridized carbons (Fsp3) is 1.00. The highest BCUT2D eigenvalue weighted by molar-refractivity contribution is 7.37. The molecule has 0 aliphatic heterocycles. The summed E-state index contributed by atoms with van der Waals surface area (Å²) in [6.07, 6.45) is 8.06. The molecule has 0 aromatic carbocycles. The minimum atomic E-state index is -1.88. The van der Waals surface area contributed by atoms with Crippen LogP contribution in [-0.2, 0) is 4.57 Å². The van der Waals surface area contributed by atoms with Crippen LogP contribution in [0.25, 0.3) is 0 Å². The molecule has 1 atom stereocenters. The van der Waals surface area contributed by atoms with Crippen LogP contribution in [0.2, 0.25) is 0 Å². The van der Waals surface area contributed by atoms with Crippen LogP contribution < -0.4 is 0 Å². The molecule has 1 aliphatic rings. The molecule has 0 radical (unpaired) electrons. The van der Waals surface area contributed by atoms with Gasteiger partial charge in [-0.3, -0.25) is 0 Å². The Bertz CT molecular complexity index is 135. The van der Waals surface area contributed by atoms with Crippen molar-refractivity contribution >= 4 is 25.4 Å². The summed E-state index contributed by atoms with van der Waals surface area (Å²) < 4.78 is 10.4. The largest absolute Gasteiger partial charge is 0.505 e. The Kier molecular flexibility index (Phi) is 7.39. The van der Waals surface area contributed by atoms with Gasteiger partial charge in [0.2, 0.25) is 0 Å². The van der Waals surface area contributed by atoms with Gasteiger partial charge in [0.15, 0.2) is 23.5 Å². The maximum absolute atomic E-state index is 10.4. The number of rotatable bonds is 3. The predicted molar refractivity (Wildman–Crippen MR) is 55.8 cm³/mol. The van der Waals surface area contributed by atoms with E-state index in [1.165, 1.54) is 32.1 Å². The van der Waals surface area contributed by atoms with Crippen molar-refractivity contribution < 1.29 is 9.46 Å². The summed E-state index contributed by atoms with van der Waals surface area (Å²) in [5, 5.41) is 0. The molecule has 0 spiro atoms. The van der Waals surface area contributed by atoms with E-state index >= 15 is 0 Å². The molecule has 0 heterocycles. The van der Waals surface area contributed by atoms with Gasteiger partial charge in [-0.05, 0) is 16.9 Å². The molecule has 1 N–H and O–H groups in total. The second-order valence-corrected chi connectivity index (χ2v) is 4.52. The SMILES string of the molecule is O=[P+](O)CCC1CCCCC1.[AlH3]. The first kappa shape index (κ1) is 12.6. The fourth-order valence-electron chi connectivity index (χ4n) is 1.77. The van der Waals surface area contributed by atoms with Crippen molar-refractivity contribution in [3.63, 3.8) is 0 Å². The van der Waals surface area contributed by atoms with Crippen LogP contribution in [0.15, 0.2) is 0 Å². The van der Waals surface area contributed by atoms with E-state index in [1.807, 2.05) is 0 Å². The summed E-state index contributed by atoms with van der Waals surface area (Å²) in [5.41, 5.74) is 0. The Hall–Kier alpha value is 0.592. The Balaban J connectivity index is 0.00000121. The van der Waals surface area contributed by atoms with Gasteiger partial charge in [0.05, 0.1) is 0 Å². The lowest BCUT2D eigenvalue weighted by Crippen LogP contribution is -2.06. The van der Waals surface area contributed by atoms with E-state index < -0.39 is 8.03 Å². The first-order valence-corrected chi connectivity index (χ1v) is 5.82. The summed E-state index contributed by atoms with van der Waals surface area (Å²) in [4.78, 5) is 8.59. The van der Waals surface area contributed by atoms with Gasteiger partial charge in [-0.25, -0.2) is 0 Å². The van der Waals surface area contributed by atoms with Crippen molar-refractivity contribution in [3.8, 4) is 0 Å². The lowest BCUT2D eigenvalue weighted by atomic mass is 9.88. The molecule has 1 unspecified atom stereocenters. The molecule has 0 bridgehead atoms. The van der Waals surface area contributed by atoms with Gasteiger partial charge in [-0.2, -0.15) is 4.89 Å². The molecule has 4 heteroatoms. The standard InChI is InChI=1S/C8H15O2P.Al.3H/c9-11(10)7-6-8-4-2-1-3-5-8;;;;/h8H,1-7H2;;;;/p+1. The molecule has 1 rings (SSSR count). The first-order valence-electron chi connectivity index (χ1n) is 4.42. The van der Waals surface area contributed by atoms with E-state index in [-0.39, 0.29) is 17.4 Å². The van der Waals surface area contributed by atoms with Crippen LogP contribution in [0.1, 0.15) is 38.5 Å². The summed E-state index contributed by atoms with van der Waals surface area (Å²) in [7, 11) is -1.88. The van der Waals surface area contributed by atoms with Crippen LogP contribution >= 0.6 is 8.03 Å². The van der Waals surface area contributed by atoms with E-state index in [0.29, 0.717) is 6.16 Å². The van der Waals surface area contributed by atoms with Crippen LogP contribution in [-0.4, -0.2) is 28.4 Å². The predicted octanol–water partition coefficient (Wildman–Crippen LogP) is 1.51. The molecule has 1 aliphatic carbocycles. The average molecular weight is 205 g/mol. The van der Waals surface area contributed by atoms with E-state index in [9.17, 15) is 4.57 Å².